The molecule has 0 unspecified atom stereocenters. The average Bonchev–Trinajstić information content (AvgIpc) is 2.18. The first-order valence-electron chi connectivity index (χ1n) is 5.34. The average molecular weight is 184 g/mol. The first-order chi connectivity index (χ1) is 6.50. The number of rotatable bonds is 0. The number of hydrazine groups is 1. The maximum atomic E-state index is 3.99. The van der Waals surface area contributed by atoms with E-state index in [0.717, 1.165) is 13.1 Å². The van der Waals surface area contributed by atoms with Gasteiger partial charge in [-0.1, -0.05) is 37.3 Å². The van der Waals surface area contributed by atoms with Gasteiger partial charge in [-0.25, -0.2) is 11.0 Å². The Bertz CT molecular complexity index is 122. The highest BCUT2D eigenvalue weighted by atomic mass is 15.6. The summed E-state index contributed by atoms with van der Waals surface area (Å²) < 4.78 is 0. The monoisotopic (exact) mass is 184 g/mol. The van der Waals surface area contributed by atoms with Crippen LogP contribution in [0, 0.1) is 0 Å². The molecule has 0 spiro atoms. The van der Waals surface area contributed by atoms with Gasteiger partial charge in [0.1, 0.15) is 0 Å². The van der Waals surface area contributed by atoms with E-state index in [-0.39, 0.29) is 0 Å². The van der Waals surface area contributed by atoms with Crippen molar-refractivity contribution in [3.63, 3.8) is 0 Å². The van der Waals surface area contributed by atoms with Gasteiger partial charge in [-0.2, -0.15) is 5.11 Å². The van der Waals surface area contributed by atoms with Gasteiger partial charge < -0.3 is 0 Å². The van der Waals surface area contributed by atoms with Crippen LogP contribution in [0.2, 0.25) is 0 Å². The van der Waals surface area contributed by atoms with Crippen LogP contribution < -0.4 is 11.0 Å². The highest BCUT2D eigenvalue weighted by Gasteiger charge is 1.92. The molecule has 0 aromatic heterocycles. The molecule has 0 aromatic rings. The van der Waals surface area contributed by atoms with Crippen LogP contribution in [-0.4, -0.2) is 13.1 Å². The van der Waals surface area contributed by atoms with Gasteiger partial charge >= 0.3 is 0 Å². The number of hydrogen-bond donors (Lipinski definition) is 2. The summed E-state index contributed by atoms with van der Waals surface area (Å²) in [6, 6.07) is 0. The largest absolute Gasteiger partial charge is 0.224 e. The van der Waals surface area contributed by atoms with Gasteiger partial charge in [0.15, 0.2) is 0 Å². The molecule has 0 fully saturated rings. The van der Waals surface area contributed by atoms with Crippen molar-refractivity contribution < 1.29 is 0 Å². The molecule has 4 nitrogen and oxygen atoms in total. The fraction of sp³-hybridized carbons (Fsp3) is 1.00. The van der Waals surface area contributed by atoms with Crippen LogP contribution in [0.1, 0.15) is 44.9 Å². The molecule has 0 saturated heterocycles. The van der Waals surface area contributed by atoms with Crippen molar-refractivity contribution in [2.75, 3.05) is 13.1 Å². The summed E-state index contributed by atoms with van der Waals surface area (Å²) in [5.41, 5.74) is 5.75. The fourth-order valence-electron chi connectivity index (χ4n) is 1.46. The summed E-state index contributed by atoms with van der Waals surface area (Å²) in [5.74, 6) is 0. The smallest absolute Gasteiger partial charge is 0.0620 e. The first kappa shape index (κ1) is 10.4. The van der Waals surface area contributed by atoms with E-state index in [2.05, 4.69) is 21.3 Å². The molecule has 0 amide bonds. The van der Waals surface area contributed by atoms with Crippen LogP contribution in [0.4, 0.5) is 0 Å². The molecule has 1 heterocycles. The second-order valence-electron chi connectivity index (χ2n) is 3.48. The van der Waals surface area contributed by atoms with E-state index >= 15 is 0 Å². The van der Waals surface area contributed by atoms with E-state index in [1.165, 1.54) is 44.9 Å². The fourth-order valence-corrected chi connectivity index (χ4v) is 1.46. The second-order valence-corrected chi connectivity index (χ2v) is 3.48. The summed E-state index contributed by atoms with van der Waals surface area (Å²) in [6.45, 7) is 1.84. The van der Waals surface area contributed by atoms with Crippen molar-refractivity contribution in [2.24, 2.45) is 10.3 Å². The Hall–Kier alpha value is -0.640. The molecule has 1 rings (SSSR count). The van der Waals surface area contributed by atoms with Crippen LogP contribution in [0.25, 0.3) is 0 Å². The Kier molecular flexibility index (Phi) is 6.41. The topological polar surface area (TPSA) is 48.8 Å². The molecule has 0 aromatic carbocycles. The van der Waals surface area contributed by atoms with Crippen molar-refractivity contribution >= 4 is 0 Å². The lowest BCUT2D eigenvalue weighted by Gasteiger charge is -2.01. The Morgan fingerprint density at radius 3 is 2.31 bits per heavy atom. The van der Waals surface area contributed by atoms with Crippen molar-refractivity contribution in [1.82, 2.24) is 11.0 Å². The molecule has 13 heavy (non-hydrogen) atoms. The van der Waals surface area contributed by atoms with Crippen molar-refractivity contribution in [3.8, 4) is 0 Å². The SMILES string of the molecule is C1CCCCN=NNNCCCC1. The van der Waals surface area contributed by atoms with Crippen LogP contribution in [0.5, 0.6) is 0 Å². The Balaban J connectivity index is 2.09. The highest BCUT2D eigenvalue weighted by Crippen LogP contribution is 2.07. The van der Waals surface area contributed by atoms with Crippen LogP contribution in [-0.2, 0) is 0 Å². The predicted octanol–water partition coefficient (Wildman–Crippen LogP) is 2.19. The van der Waals surface area contributed by atoms with E-state index in [1.54, 1.807) is 0 Å². The number of hydrogen-bond acceptors (Lipinski definition) is 4. The van der Waals surface area contributed by atoms with Crippen LogP contribution in [0.15, 0.2) is 10.3 Å². The van der Waals surface area contributed by atoms with E-state index in [0.29, 0.717) is 0 Å². The summed E-state index contributed by atoms with van der Waals surface area (Å²) in [5, 5.41) is 7.79. The van der Waals surface area contributed by atoms with Gasteiger partial charge in [0.25, 0.3) is 0 Å². The van der Waals surface area contributed by atoms with Crippen molar-refractivity contribution in [3.05, 3.63) is 0 Å². The molecule has 0 radical (unpaired) electrons. The predicted molar refractivity (Wildman–Crippen MR) is 53.2 cm³/mol. The zero-order valence-corrected chi connectivity index (χ0v) is 8.26. The molecule has 76 valence electrons. The van der Waals surface area contributed by atoms with E-state index in [1.807, 2.05) is 0 Å². The van der Waals surface area contributed by atoms with Gasteiger partial charge in [-0.15, -0.1) is 0 Å². The lowest BCUT2D eigenvalue weighted by atomic mass is 10.1. The number of nitrogens with one attached hydrogen (secondary N) is 2. The summed E-state index contributed by atoms with van der Waals surface area (Å²) in [7, 11) is 0. The zero-order chi connectivity index (χ0) is 9.19. The molecule has 0 atom stereocenters. The lowest BCUT2D eigenvalue weighted by molar-refractivity contribution is 0.501. The maximum Gasteiger partial charge on any atom is 0.0620 e. The third-order valence-corrected chi connectivity index (χ3v) is 2.26. The minimum Gasteiger partial charge on any atom is -0.224 e. The molecule has 1 aliphatic rings. The van der Waals surface area contributed by atoms with Crippen molar-refractivity contribution in [1.29, 1.82) is 0 Å². The first-order valence-corrected chi connectivity index (χ1v) is 5.34. The van der Waals surface area contributed by atoms with E-state index in [9.17, 15) is 0 Å². The molecular weight excluding hydrogens is 164 g/mol. The van der Waals surface area contributed by atoms with E-state index < -0.39 is 0 Å². The summed E-state index contributed by atoms with van der Waals surface area (Å²) >= 11 is 0. The van der Waals surface area contributed by atoms with Crippen molar-refractivity contribution in [2.45, 2.75) is 44.9 Å². The second kappa shape index (κ2) is 7.98. The molecule has 2 N–H and O–H groups in total. The number of nitrogens with zero attached hydrogens (tertiary/aromatic N) is 2. The molecule has 0 saturated carbocycles. The molecule has 0 aliphatic carbocycles. The quantitative estimate of drug-likeness (QED) is 0.606. The molecule has 1 aliphatic heterocycles. The summed E-state index contributed by atoms with van der Waals surface area (Å²) in [6.07, 6.45) is 9.13. The third kappa shape index (κ3) is 6.51. The minimum absolute atomic E-state index is 0.856. The summed E-state index contributed by atoms with van der Waals surface area (Å²) in [4.78, 5) is 0. The Morgan fingerprint density at radius 1 is 0.769 bits per heavy atom. The maximum absolute atomic E-state index is 3.99. The van der Waals surface area contributed by atoms with E-state index in [4.69, 9.17) is 0 Å². The van der Waals surface area contributed by atoms with Crippen LogP contribution in [0.3, 0.4) is 0 Å². The highest BCUT2D eigenvalue weighted by molar-refractivity contribution is 4.49. The Labute approximate surface area is 80.1 Å². The van der Waals surface area contributed by atoms with Gasteiger partial charge in [0.05, 0.1) is 6.54 Å². The van der Waals surface area contributed by atoms with Gasteiger partial charge in [0.2, 0.25) is 0 Å². The normalized spacial score (nSPS) is 22.2. The minimum atomic E-state index is 0.856. The zero-order valence-electron chi connectivity index (χ0n) is 8.26. The lowest BCUT2D eigenvalue weighted by Crippen LogP contribution is -2.27. The van der Waals surface area contributed by atoms with Gasteiger partial charge in [-0.05, 0) is 12.8 Å². The standard InChI is InChI=1S/C9H20N4/c1-2-4-6-8-10-12-13-11-9-7-5-3-1/h1-9H2,(H,10,13)(H,11,12). The van der Waals surface area contributed by atoms with Gasteiger partial charge in [0, 0.05) is 6.54 Å². The molecular formula is C9H20N4. The van der Waals surface area contributed by atoms with Crippen LogP contribution >= 0.6 is 0 Å². The molecule has 0 bridgehead atoms. The Morgan fingerprint density at radius 2 is 1.46 bits per heavy atom. The third-order valence-electron chi connectivity index (χ3n) is 2.26. The molecule has 4 heteroatoms. The van der Waals surface area contributed by atoms with Gasteiger partial charge in [-0.3, -0.25) is 0 Å².